The van der Waals surface area contributed by atoms with E-state index in [1.165, 1.54) is 51.6 Å². The van der Waals surface area contributed by atoms with Crippen molar-refractivity contribution in [1.29, 1.82) is 0 Å². The second-order valence-corrected chi connectivity index (χ2v) is 9.73. The zero-order chi connectivity index (χ0) is 24.4. The first-order chi connectivity index (χ1) is 17.0. The Balaban J connectivity index is 1.16. The summed E-state index contributed by atoms with van der Waals surface area (Å²) in [4.78, 5) is 46.1. The van der Waals surface area contributed by atoms with E-state index in [1.54, 1.807) is 5.38 Å². The third kappa shape index (κ3) is 5.57. The Kier molecular flexibility index (Phi) is 6.59. The van der Waals surface area contributed by atoms with Gasteiger partial charge in [-0.3, -0.25) is 14.4 Å². The van der Waals surface area contributed by atoms with Crippen LogP contribution in [0.5, 0.6) is 0 Å². The quantitative estimate of drug-likeness (QED) is 0.546. The summed E-state index contributed by atoms with van der Waals surface area (Å²) in [5, 5.41) is 4.91. The smallest absolute Gasteiger partial charge is 0.254 e. The summed E-state index contributed by atoms with van der Waals surface area (Å²) in [6.45, 7) is 1.17. The van der Waals surface area contributed by atoms with Gasteiger partial charge in [-0.15, -0.1) is 11.3 Å². The number of thiazole rings is 1. The maximum atomic E-state index is 13.2. The van der Waals surface area contributed by atoms with E-state index in [4.69, 9.17) is 0 Å². The van der Waals surface area contributed by atoms with E-state index in [0.29, 0.717) is 29.5 Å². The summed E-state index contributed by atoms with van der Waals surface area (Å²) in [7, 11) is 0. The van der Waals surface area contributed by atoms with Gasteiger partial charge < -0.3 is 15.1 Å². The van der Waals surface area contributed by atoms with Crippen LogP contribution in [0.1, 0.15) is 40.0 Å². The van der Waals surface area contributed by atoms with Crippen LogP contribution >= 0.6 is 11.3 Å². The van der Waals surface area contributed by atoms with Crippen LogP contribution in [-0.2, 0) is 29.0 Å². The van der Waals surface area contributed by atoms with E-state index < -0.39 is 5.82 Å². The number of amides is 3. The molecule has 2 aliphatic rings. The van der Waals surface area contributed by atoms with Crippen LogP contribution in [0.25, 0.3) is 0 Å². The van der Waals surface area contributed by atoms with Gasteiger partial charge in [-0.1, -0.05) is 24.3 Å². The molecule has 9 heteroatoms. The molecule has 0 spiro atoms. The van der Waals surface area contributed by atoms with E-state index in [1.807, 2.05) is 17.0 Å². The largest absolute Gasteiger partial charge is 0.338 e. The molecule has 2 aromatic carbocycles. The molecule has 3 aromatic rings. The standard InChI is InChI=1S/C26H25FN4O3S/c27-20-7-5-18(6-8-20)25(34)31(22-9-10-22)15-23(32)29-26-28-21(16-35-26)13-24(33)30-12-11-17-3-1-2-4-19(17)14-30/h1-8,16,22H,9-15H2,(H,28,29,32). The van der Waals surface area contributed by atoms with Crippen LogP contribution in [0.4, 0.5) is 9.52 Å². The van der Waals surface area contributed by atoms with Gasteiger partial charge in [0.15, 0.2) is 5.13 Å². The van der Waals surface area contributed by atoms with Crippen LogP contribution in [0.15, 0.2) is 53.9 Å². The van der Waals surface area contributed by atoms with E-state index >= 15 is 0 Å². The molecule has 180 valence electrons. The highest BCUT2D eigenvalue weighted by Gasteiger charge is 2.34. The Morgan fingerprint density at radius 2 is 1.83 bits per heavy atom. The zero-order valence-corrected chi connectivity index (χ0v) is 19.9. The van der Waals surface area contributed by atoms with E-state index in [-0.39, 0.29) is 36.7 Å². The highest BCUT2D eigenvalue weighted by atomic mass is 32.1. The highest BCUT2D eigenvalue weighted by Crippen LogP contribution is 2.28. The van der Waals surface area contributed by atoms with Crippen molar-refractivity contribution in [2.24, 2.45) is 0 Å². The van der Waals surface area contributed by atoms with Crippen LogP contribution in [0, 0.1) is 5.82 Å². The van der Waals surface area contributed by atoms with Gasteiger partial charge in [0.1, 0.15) is 12.4 Å². The molecule has 0 bridgehead atoms. The zero-order valence-electron chi connectivity index (χ0n) is 19.1. The van der Waals surface area contributed by atoms with E-state index in [9.17, 15) is 18.8 Å². The fraction of sp³-hybridized carbons (Fsp3) is 0.308. The van der Waals surface area contributed by atoms with Gasteiger partial charge in [0, 0.05) is 30.1 Å². The lowest BCUT2D eigenvalue weighted by Gasteiger charge is -2.28. The first-order valence-electron chi connectivity index (χ1n) is 11.6. The molecule has 7 nitrogen and oxygen atoms in total. The van der Waals surface area contributed by atoms with Crippen molar-refractivity contribution in [1.82, 2.24) is 14.8 Å². The Morgan fingerprint density at radius 1 is 1.09 bits per heavy atom. The first-order valence-corrected chi connectivity index (χ1v) is 12.5. The third-order valence-corrected chi connectivity index (χ3v) is 7.07. The molecule has 1 aliphatic heterocycles. The number of nitrogens with zero attached hydrogens (tertiary/aromatic N) is 3. The first kappa shape index (κ1) is 23.2. The molecule has 0 unspecified atom stereocenters. The van der Waals surface area contributed by atoms with Crippen molar-refractivity contribution in [2.75, 3.05) is 18.4 Å². The highest BCUT2D eigenvalue weighted by molar-refractivity contribution is 7.13. The molecule has 1 aliphatic carbocycles. The van der Waals surface area contributed by atoms with Crippen molar-refractivity contribution in [3.05, 3.63) is 82.1 Å². The average Bonchev–Trinajstić information content (AvgIpc) is 3.62. The maximum absolute atomic E-state index is 13.2. The predicted octanol–water partition coefficient (Wildman–Crippen LogP) is 3.65. The molecular formula is C26H25FN4O3S. The van der Waals surface area contributed by atoms with Gasteiger partial charge >= 0.3 is 0 Å². The number of anilines is 1. The van der Waals surface area contributed by atoms with Gasteiger partial charge in [0.2, 0.25) is 11.8 Å². The molecule has 3 amide bonds. The van der Waals surface area contributed by atoms with Gasteiger partial charge in [0.25, 0.3) is 5.91 Å². The molecule has 1 fully saturated rings. The molecular weight excluding hydrogens is 467 g/mol. The Bertz CT molecular complexity index is 1260. The molecule has 1 aromatic heterocycles. The Labute approximate surface area is 206 Å². The Hall–Kier alpha value is -3.59. The van der Waals surface area contributed by atoms with E-state index in [2.05, 4.69) is 22.4 Å². The average molecular weight is 493 g/mol. The van der Waals surface area contributed by atoms with Gasteiger partial charge in [0.05, 0.1) is 12.1 Å². The van der Waals surface area contributed by atoms with Crippen molar-refractivity contribution in [2.45, 2.75) is 38.3 Å². The lowest BCUT2D eigenvalue weighted by Crippen LogP contribution is -2.39. The topological polar surface area (TPSA) is 82.6 Å². The van der Waals surface area contributed by atoms with Crippen LogP contribution in [-0.4, -0.2) is 51.6 Å². The maximum Gasteiger partial charge on any atom is 0.254 e. The SMILES string of the molecule is O=C(CN(C(=O)c1ccc(F)cc1)C1CC1)Nc1nc(CC(=O)N2CCc3ccccc3C2)cs1. The molecule has 0 atom stereocenters. The lowest BCUT2D eigenvalue weighted by atomic mass is 10.00. The number of carbonyl (C=O) groups is 3. The molecule has 2 heterocycles. The number of hydrogen-bond donors (Lipinski definition) is 1. The molecule has 35 heavy (non-hydrogen) atoms. The number of rotatable bonds is 7. The monoisotopic (exact) mass is 492 g/mol. The molecule has 0 saturated heterocycles. The molecule has 5 rings (SSSR count). The summed E-state index contributed by atoms with van der Waals surface area (Å²) < 4.78 is 13.2. The number of nitrogens with one attached hydrogen (secondary N) is 1. The van der Waals surface area contributed by atoms with Gasteiger partial charge in [-0.2, -0.15) is 0 Å². The number of carbonyl (C=O) groups excluding carboxylic acids is 3. The van der Waals surface area contributed by atoms with Gasteiger partial charge in [-0.05, 0) is 54.7 Å². The fourth-order valence-electron chi connectivity index (χ4n) is 4.25. The molecule has 1 saturated carbocycles. The number of aromatic nitrogens is 1. The minimum atomic E-state index is -0.416. The Morgan fingerprint density at radius 3 is 2.57 bits per heavy atom. The van der Waals surface area contributed by atoms with Crippen molar-refractivity contribution < 1.29 is 18.8 Å². The molecule has 0 radical (unpaired) electrons. The second-order valence-electron chi connectivity index (χ2n) is 8.87. The summed E-state index contributed by atoms with van der Waals surface area (Å²) in [6, 6.07) is 13.5. The summed E-state index contributed by atoms with van der Waals surface area (Å²) in [6.07, 6.45) is 2.69. The van der Waals surface area contributed by atoms with Crippen molar-refractivity contribution in [3.8, 4) is 0 Å². The van der Waals surface area contributed by atoms with Crippen molar-refractivity contribution >= 4 is 34.2 Å². The predicted molar refractivity (Wildman–Crippen MR) is 130 cm³/mol. The van der Waals surface area contributed by atoms with Crippen LogP contribution < -0.4 is 5.32 Å². The van der Waals surface area contributed by atoms with Crippen LogP contribution in [0.3, 0.4) is 0 Å². The fourth-order valence-corrected chi connectivity index (χ4v) is 4.97. The lowest BCUT2D eigenvalue weighted by molar-refractivity contribution is -0.131. The summed E-state index contributed by atoms with van der Waals surface area (Å²) in [5.74, 6) is -1.06. The minimum Gasteiger partial charge on any atom is -0.338 e. The van der Waals surface area contributed by atoms with E-state index in [0.717, 1.165) is 19.3 Å². The number of halogens is 1. The third-order valence-electron chi connectivity index (χ3n) is 6.27. The molecule has 1 N–H and O–H groups in total. The summed E-state index contributed by atoms with van der Waals surface area (Å²) in [5.41, 5.74) is 3.42. The minimum absolute atomic E-state index is 0.00693. The van der Waals surface area contributed by atoms with Gasteiger partial charge in [-0.25, -0.2) is 9.37 Å². The number of hydrogen-bond acceptors (Lipinski definition) is 5. The normalized spacial score (nSPS) is 14.8. The second kappa shape index (κ2) is 9.95. The number of benzene rings is 2. The van der Waals surface area contributed by atoms with Crippen LogP contribution in [0.2, 0.25) is 0 Å². The number of fused-ring (bicyclic) bond motifs is 1. The summed E-state index contributed by atoms with van der Waals surface area (Å²) >= 11 is 1.25. The van der Waals surface area contributed by atoms with Crippen molar-refractivity contribution in [3.63, 3.8) is 0 Å².